The van der Waals surface area contributed by atoms with Crippen LogP contribution in [-0.4, -0.2) is 21.0 Å². The Morgan fingerprint density at radius 3 is 2.65 bits per heavy atom. The number of urea groups is 1. The Labute approximate surface area is 181 Å². The number of aromatic amines is 1. The molecule has 5 rings (SSSR count). The summed E-state index contributed by atoms with van der Waals surface area (Å²) in [5.74, 6) is 1.15. The van der Waals surface area contributed by atoms with Gasteiger partial charge in [-0.25, -0.2) is 9.78 Å². The standard InChI is InChI=1S/C25H25N5O/c31-25(30-24-12-10-19(15-28-24)17-6-2-1-3-7-17)29-23-16-27-22-11-9-18(14-20(22)23)21-8-4-5-13-26-21/h4-5,8-17,27H,1-3,6-7H2,(H2,28,29,30,31). The SMILES string of the molecule is O=C(Nc1ccc(C2CCCCC2)cn1)Nc1c[nH]c2ccc(-c3ccccn3)cc12. The molecule has 1 aliphatic carbocycles. The minimum absolute atomic E-state index is 0.318. The van der Waals surface area contributed by atoms with E-state index in [4.69, 9.17) is 0 Å². The number of H-pyrrole nitrogens is 1. The fourth-order valence-corrected chi connectivity index (χ4v) is 4.34. The van der Waals surface area contributed by atoms with Crippen LogP contribution in [0.5, 0.6) is 0 Å². The maximum absolute atomic E-state index is 12.6. The maximum atomic E-state index is 12.6. The third-order valence-electron chi connectivity index (χ3n) is 6.00. The first-order chi connectivity index (χ1) is 15.3. The molecular formula is C25H25N5O. The Kier molecular flexibility index (Phi) is 5.35. The topological polar surface area (TPSA) is 82.7 Å². The molecule has 1 aromatic carbocycles. The summed E-state index contributed by atoms with van der Waals surface area (Å²) in [6.07, 6.45) is 11.9. The highest BCUT2D eigenvalue weighted by Gasteiger charge is 2.16. The zero-order chi connectivity index (χ0) is 21.0. The number of aromatic nitrogens is 3. The monoisotopic (exact) mass is 411 g/mol. The molecule has 1 aliphatic rings. The van der Waals surface area contributed by atoms with Crippen LogP contribution in [-0.2, 0) is 0 Å². The molecule has 0 atom stereocenters. The van der Waals surface area contributed by atoms with Gasteiger partial charge >= 0.3 is 6.03 Å². The summed E-state index contributed by atoms with van der Waals surface area (Å²) >= 11 is 0. The number of nitrogens with one attached hydrogen (secondary N) is 3. The van der Waals surface area contributed by atoms with Gasteiger partial charge in [-0.2, -0.15) is 0 Å². The number of carbonyl (C=O) groups is 1. The number of hydrogen-bond donors (Lipinski definition) is 3. The van der Waals surface area contributed by atoms with Crippen LogP contribution in [0.15, 0.2) is 67.1 Å². The van der Waals surface area contributed by atoms with Crippen molar-refractivity contribution in [2.45, 2.75) is 38.0 Å². The van der Waals surface area contributed by atoms with Crippen molar-refractivity contribution in [3.05, 3.63) is 72.7 Å². The highest BCUT2D eigenvalue weighted by molar-refractivity contribution is 6.06. The van der Waals surface area contributed by atoms with Gasteiger partial charge in [0.05, 0.1) is 11.4 Å². The van der Waals surface area contributed by atoms with Crippen LogP contribution in [0.1, 0.15) is 43.6 Å². The van der Waals surface area contributed by atoms with Crippen molar-refractivity contribution in [1.29, 1.82) is 0 Å². The Hall–Kier alpha value is -3.67. The van der Waals surface area contributed by atoms with Crippen molar-refractivity contribution in [3.8, 4) is 11.3 Å². The summed E-state index contributed by atoms with van der Waals surface area (Å²) in [6.45, 7) is 0. The average molecular weight is 412 g/mol. The first kappa shape index (κ1) is 19.3. The van der Waals surface area contributed by atoms with Crippen molar-refractivity contribution in [2.24, 2.45) is 0 Å². The van der Waals surface area contributed by atoms with Gasteiger partial charge in [0.2, 0.25) is 0 Å². The quantitative estimate of drug-likeness (QED) is 0.368. The van der Waals surface area contributed by atoms with Crippen LogP contribution in [0, 0.1) is 0 Å². The molecule has 0 unspecified atom stereocenters. The minimum atomic E-state index is -0.318. The van der Waals surface area contributed by atoms with Crippen LogP contribution in [0.4, 0.5) is 16.3 Å². The number of amides is 2. The van der Waals surface area contributed by atoms with Crippen molar-refractivity contribution in [2.75, 3.05) is 10.6 Å². The smallest absolute Gasteiger partial charge is 0.324 e. The van der Waals surface area contributed by atoms with Crippen LogP contribution in [0.2, 0.25) is 0 Å². The van der Waals surface area contributed by atoms with Gasteiger partial charge in [0.15, 0.2) is 0 Å². The fraction of sp³-hybridized carbons (Fsp3) is 0.240. The Balaban J connectivity index is 1.29. The first-order valence-corrected chi connectivity index (χ1v) is 10.8. The fourth-order valence-electron chi connectivity index (χ4n) is 4.34. The lowest BCUT2D eigenvalue weighted by molar-refractivity contribution is 0.262. The number of hydrogen-bond acceptors (Lipinski definition) is 3. The second kappa shape index (κ2) is 8.60. The zero-order valence-corrected chi connectivity index (χ0v) is 17.3. The molecule has 0 bridgehead atoms. The molecule has 31 heavy (non-hydrogen) atoms. The van der Waals surface area contributed by atoms with Crippen molar-refractivity contribution in [3.63, 3.8) is 0 Å². The van der Waals surface area contributed by atoms with Gasteiger partial charge in [-0.3, -0.25) is 10.3 Å². The van der Waals surface area contributed by atoms with E-state index in [-0.39, 0.29) is 6.03 Å². The number of benzene rings is 1. The highest BCUT2D eigenvalue weighted by Crippen LogP contribution is 2.32. The predicted molar refractivity (Wildman–Crippen MR) is 124 cm³/mol. The number of pyridine rings is 2. The van der Waals surface area contributed by atoms with Gasteiger partial charge in [-0.1, -0.05) is 37.5 Å². The Morgan fingerprint density at radius 1 is 0.968 bits per heavy atom. The summed E-state index contributed by atoms with van der Waals surface area (Å²) in [6, 6.07) is 15.5. The molecule has 3 heterocycles. The largest absolute Gasteiger partial charge is 0.359 e. The van der Waals surface area contributed by atoms with Crippen LogP contribution < -0.4 is 10.6 Å². The number of nitrogens with zero attached hydrogens (tertiary/aromatic N) is 2. The van der Waals surface area contributed by atoms with Crippen molar-refractivity contribution < 1.29 is 4.79 Å². The van der Waals surface area contributed by atoms with E-state index < -0.39 is 0 Å². The second-order valence-electron chi connectivity index (χ2n) is 8.07. The Bertz CT molecular complexity index is 1180. The molecule has 4 aromatic rings. The van der Waals surface area contributed by atoms with E-state index in [2.05, 4.69) is 31.7 Å². The van der Waals surface area contributed by atoms with Crippen LogP contribution in [0.3, 0.4) is 0 Å². The molecule has 6 nitrogen and oxygen atoms in total. The molecule has 1 fully saturated rings. The summed E-state index contributed by atoms with van der Waals surface area (Å²) in [5, 5.41) is 6.69. The summed E-state index contributed by atoms with van der Waals surface area (Å²) < 4.78 is 0. The van der Waals surface area contributed by atoms with E-state index in [1.54, 1.807) is 12.4 Å². The third-order valence-corrected chi connectivity index (χ3v) is 6.00. The van der Waals surface area contributed by atoms with Gasteiger partial charge in [-0.05, 0) is 54.7 Å². The molecule has 3 aromatic heterocycles. The minimum Gasteiger partial charge on any atom is -0.359 e. The van der Waals surface area contributed by atoms with Crippen molar-refractivity contribution >= 4 is 28.4 Å². The van der Waals surface area contributed by atoms with Gasteiger partial charge in [-0.15, -0.1) is 0 Å². The molecular weight excluding hydrogens is 386 g/mol. The average Bonchev–Trinajstić information content (AvgIpc) is 3.22. The van der Waals surface area contributed by atoms with E-state index in [1.807, 2.05) is 48.7 Å². The molecule has 6 heteroatoms. The second-order valence-corrected chi connectivity index (χ2v) is 8.07. The Morgan fingerprint density at radius 2 is 1.87 bits per heavy atom. The molecule has 0 spiro atoms. The van der Waals surface area contributed by atoms with Gasteiger partial charge in [0.1, 0.15) is 5.82 Å². The molecule has 156 valence electrons. The molecule has 3 N–H and O–H groups in total. The van der Waals surface area contributed by atoms with Gasteiger partial charge in [0.25, 0.3) is 0 Å². The lowest BCUT2D eigenvalue weighted by Gasteiger charge is -2.21. The summed E-state index contributed by atoms with van der Waals surface area (Å²) in [4.78, 5) is 24.6. The predicted octanol–water partition coefficient (Wildman–Crippen LogP) is 6.32. The van der Waals surface area contributed by atoms with Gasteiger partial charge < -0.3 is 10.3 Å². The zero-order valence-electron chi connectivity index (χ0n) is 17.3. The number of carbonyl (C=O) groups excluding carboxylic acids is 1. The number of anilines is 2. The summed E-state index contributed by atoms with van der Waals surface area (Å²) in [7, 11) is 0. The number of fused-ring (bicyclic) bond motifs is 1. The van der Waals surface area contributed by atoms with E-state index in [1.165, 1.54) is 37.7 Å². The summed E-state index contributed by atoms with van der Waals surface area (Å²) in [5.41, 5.74) is 4.82. The molecule has 0 radical (unpaired) electrons. The lowest BCUT2D eigenvalue weighted by Crippen LogP contribution is -2.20. The third kappa shape index (κ3) is 4.28. The van der Waals surface area contributed by atoms with E-state index in [0.29, 0.717) is 17.4 Å². The van der Waals surface area contributed by atoms with E-state index in [0.717, 1.165) is 22.2 Å². The van der Waals surface area contributed by atoms with Crippen molar-refractivity contribution in [1.82, 2.24) is 15.0 Å². The lowest BCUT2D eigenvalue weighted by atomic mass is 9.85. The first-order valence-electron chi connectivity index (χ1n) is 10.8. The van der Waals surface area contributed by atoms with Crippen LogP contribution in [0.25, 0.3) is 22.2 Å². The molecule has 0 aliphatic heterocycles. The van der Waals surface area contributed by atoms with Crippen LogP contribution >= 0.6 is 0 Å². The normalized spacial score (nSPS) is 14.5. The molecule has 1 saturated carbocycles. The molecule has 2 amide bonds. The van der Waals surface area contributed by atoms with E-state index in [9.17, 15) is 4.79 Å². The number of rotatable bonds is 4. The molecule has 0 saturated heterocycles. The van der Waals surface area contributed by atoms with Gasteiger partial charge in [0, 0.05) is 35.1 Å². The highest BCUT2D eigenvalue weighted by atomic mass is 16.2. The maximum Gasteiger partial charge on any atom is 0.324 e. The van der Waals surface area contributed by atoms with E-state index >= 15 is 0 Å².